The first-order chi connectivity index (χ1) is 28.5. The maximum atomic E-state index is 5.52. The summed E-state index contributed by atoms with van der Waals surface area (Å²) in [6.07, 6.45) is 0. The second-order valence-corrected chi connectivity index (χ2v) is 14.7. The van der Waals surface area contributed by atoms with E-state index in [-0.39, 0.29) is 0 Å². The predicted octanol–water partition coefficient (Wildman–Crippen LogP) is 14.2. The molecule has 0 aliphatic heterocycles. The zero-order valence-electron chi connectivity index (χ0n) is 32.8. The van der Waals surface area contributed by atoms with Gasteiger partial charge in [-0.05, 0) is 171 Å². The number of ether oxygens (including phenoxy) is 4. The highest BCUT2D eigenvalue weighted by molar-refractivity contribution is 6.40. The molecule has 0 amide bonds. The molecule has 0 atom stereocenters. The Morgan fingerprint density at radius 3 is 0.586 bits per heavy atom. The molecule has 4 nitrogen and oxygen atoms in total. The molecule has 0 fully saturated rings. The number of fused-ring (bicyclic) bond motifs is 11. The van der Waals surface area contributed by atoms with Gasteiger partial charge >= 0.3 is 0 Å². The van der Waals surface area contributed by atoms with Crippen LogP contribution in [0.5, 0.6) is 23.0 Å². The molecular weight excluding hydrogens is 713 g/mol. The smallest absolute Gasteiger partial charge is 0.118 e. The average molecular weight is 753 g/mol. The van der Waals surface area contributed by atoms with Gasteiger partial charge in [0.25, 0.3) is 0 Å². The van der Waals surface area contributed by atoms with E-state index < -0.39 is 0 Å². The van der Waals surface area contributed by atoms with Crippen molar-refractivity contribution in [2.24, 2.45) is 0 Å². The third kappa shape index (κ3) is 5.93. The van der Waals surface area contributed by atoms with E-state index in [1.54, 1.807) is 28.4 Å². The molecule has 0 spiro atoms. The van der Waals surface area contributed by atoms with Crippen molar-refractivity contribution in [2.75, 3.05) is 28.4 Å². The van der Waals surface area contributed by atoms with Gasteiger partial charge in [0, 0.05) is 0 Å². The third-order valence-corrected chi connectivity index (χ3v) is 11.7. The highest BCUT2D eigenvalue weighted by atomic mass is 16.5. The first-order valence-corrected chi connectivity index (χ1v) is 19.4. The zero-order chi connectivity index (χ0) is 39.3. The Hall–Kier alpha value is -7.30. The van der Waals surface area contributed by atoms with E-state index in [1.807, 2.05) is 48.5 Å². The van der Waals surface area contributed by atoms with Gasteiger partial charge in [-0.3, -0.25) is 0 Å². The molecule has 0 heterocycles. The molecule has 0 aliphatic rings. The molecule has 0 aliphatic carbocycles. The second-order valence-electron chi connectivity index (χ2n) is 14.7. The van der Waals surface area contributed by atoms with Crippen LogP contribution in [0.3, 0.4) is 0 Å². The van der Waals surface area contributed by atoms with Gasteiger partial charge in [0.1, 0.15) is 23.0 Å². The van der Waals surface area contributed by atoms with E-state index >= 15 is 0 Å². The lowest BCUT2D eigenvalue weighted by molar-refractivity contribution is 0.415. The van der Waals surface area contributed by atoms with E-state index in [4.69, 9.17) is 18.9 Å². The summed E-state index contributed by atoms with van der Waals surface area (Å²) in [6, 6.07) is 61.1. The van der Waals surface area contributed by atoms with Crippen molar-refractivity contribution in [3.8, 4) is 67.5 Å². The molecule has 0 aromatic heterocycles. The largest absolute Gasteiger partial charge is 0.497 e. The molecule has 58 heavy (non-hydrogen) atoms. The van der Waals surface area contributed by atoms with Gasteiger partial charge in [-0.2, -0.15) is 0 Å². The summed E-state index contributed by atoms with van der Waals surface area (Å²) in [5.41, 5.74) is 9.14. The minimum atomic E-state index is 0.838. The Bertz CT molecular complexity index is 2730. The number of hydrogen-bond donors (Lipinski definition) is 0. The van der Waals surface area contributed by atoms with E-state index in [9.17, 15) is 0 Å². The molecule has 0 unspecified atom stereocenters. The summed E-state index contributed by atoms with van der Waals surface area (Å²) in [7, 11) is 6.83. The lowest BCUT2D eigenvalue weighted by atomic mass is 9.84. The van der Waals surface area contributed by atoms with E-state index in [2.05, 4.69) is 121 Å². The number of methoxy groups -OCH3 is 4. The van der Waals surface area contributed by atoms with Gasteiger partial charge in [-0.15, -0.1) is 0 Å². The third-order valence-electron chi connectivity index (χ3n) is 11.7. The van der Waals surface area contributed by atoms with Crippen molar-refractivity contribution in [1.29, 1.82) is 0 Å². The maximum absolute atomic E-state index is 5.52. The van der Waals surface area contributed by atoms with Crippen LogP contribution in [-0.2, 0) is 0 Å². The van der Waals surface area contributed by atoms with Gasteiger partial charge in [-0.1, -0.05) is 97.1 Å². The van der Waals surface area contributed by atoms with Crippen LogP contribution in [0.25, 0.3) is 98.4 Å². The molecule has 0 radical (unpaired) electrons. The van der Waals surface area contributed by atoms with E-state index in [1.165, 1.54) is 53.9 Å². The monoisotopic (exact) mass is 752 g/mol. The fourth-order valence-electron chi connectivity index (χ4n) is 8.62. The van der Waals surface area contributed by atoms with Gasteiger partial charge in [0.2, 0.25) is 0 Å². The topological polar surface area (TPSA) is 36.9 Å². The number of hydrogen-bond acceptors (Lipinski definition) is 4. The summed E-state index contributed by atoms with van der Waals surface area (Å²) in [5.74, 6) is 3.35. The highest BCUT2D eigenvalue weighted by Gasteiger charge is 2.19. The Labute approximate surface area is 337 Å². The quantitative estimate of drug-likeness (QED) is 0.145. The summed E-state index contributed by atoms with van der Waals surface area (Å²) >= 11 is 0. The fourth-order valence-corrected chi connectivity index (χ4v) is 8.62. The number of benzene rings is 10. The maximum Gasteiger partial charge on any atom is 0.118 e. The molecule has 10 aromatic rings. The molecule has 0 saturated carbocycles. The van der Waals surface area contributed by atoms with Crippen LogP contribution in [-0.4, -0.2) is 28.4 Å². The molecule has 10 rings (SSSR count). The lowest BCUT2D eigenvalue weighted by Gasteiger charge is -2.19. The summed E-state index contributed by atoms with van der Waals surface area (Å²) in [4.78, 5) is 0. The van der Waals surface area contributed by atoms with Crippen LogP contribution in [0, 0.1) is 0 Å². The van der Waals surface area contributed by atoms with Crippen LogP contribution in [0.4, 0.5) is 0 Å². The van der Waals surface area contributed by atoms with Gasteiger partial charge in [0.05, 0.1) is 28.4 Å². The zero-order valence-corrected chi connectivity index (χ0v) is 32.8. The molecule has 10 aromatic carbocycles. The lowest BCUT2D eigenvalue weighted by Crippen LogP contribution is -1.92. The molecule has 0 N–H and O–H groups in total. The van der Waals surface area contributed by atoms with Crippen molar-refractivity contribution in [3.63, 3.8) is 0 Å². The highest BCUT2D eigenvalue weighted by Crippen LogP contribution is 2.47. The van der Waals surface area contributed by atoms with Gasteiger partial charge in [-0.25, -0.2) is 0 Å². The molecule has 280 valence electrons. The second kappa shape index (κ2) is 14.3. The van der Waals surface area contributed by atoms with E-state index in [0.29, 0.717) is 0 Å². The van der Waals surface area contributed by atoms with Crippen molar-refractivity contribution >= 4 is 53.9 Å². The SMILES string of the molecule is COc1ccc(-c2ccc3c4ccc(-c5ccc(OC)cc5)cc4c4c5cc(-c6ccc(OC)cc6)ccc5c5ccc(-c6ccc(OC)cc6)cc5c4c3c2)cc1. The average Bonchev–Trinajstić information content (AvgIpc) is 3.30. The Balaban J connectivity index is 1.37. The first kappa shape index (κ1) is 35.1. The minimum absolute atomic E-state index is 0.838. The first-order valence-electron chi connectivity index (χ1n) is 19.4. The standard InChI is InChI=1S/C54H40O4/c1-55-41-17-5-33(6-18-41)37-13-25-45-46-26-14-39(35-9-21-43(57-3)22-10-35)31-51(46)54-52-32-40(36-11-23-44(58-4)24-12-36)16-28-48(52)47-27-15-38(30-50(47)53(54)49(45)29-37)34-7-19-42(56-2)20-8-34/h5-32H,1-4H3. The van der Waals surface area contributed by atoms with Crippen molar-refractivity contribution in [3.05, 3.63) is 170 Å². The predicted molar refractivity (Wildman–Crippen MR) is 242 cm³/mol. The molecule has 0 bridgehead atoms. The van der Waals surface area contributed by atoms with Crippen molar-refractivity contribution < 1.29 is 18.9 Å². The Kier molecular flexibility index (Phi) is 8.68. The Morgan fingerprint density at radius 2 is 0.397 bits per heavy atom. The van der Waals surface area contributed by atoms with Gasteiger partial charge in [0.15, 0.2) is 0 Å². The van der Waals surface area contributed by atoms with Crippen LogP contribution in [0.2, 0.25) is 0 Å². The summed E-state index contributed by atoms with van der Waals surface area (Å²) in [6.45, 7) is 0. The Morgan fingerprint density at radius 1 is 0.207 bits per heavy atom. The summed E-state index contributed by atoms with van der Waals surface area (Å²) in [5, 5.41) is 12.1. The van der Waals surface area contributed by atoms with Crippen LogP contribution in [0.1, 0.15) is 0 Å². The van der Waals surface area contributed by atoms with Crippen LogP contribution >= 0.6 is 0 Å². The molecule has 4 heteroatoms. The van der Waals surface area contributed by atoms with Crippen LogP contribution in [0.15, 0.2) is 170 Å². The number of rotatable bonds is 8. The van der Waals surface area contributed by atoms with E-state index in [0.717, 1.165) is 67.5 Å². The molecule has 0 saturated heterocycles. The van der Waals surface area contributed by atoms with Crippen LogP contribution < -0.4 is 18.9 Å². The van der Waals surface area contributed by atoms with Crippen molar-refractivity contribution in [2.45, 2.75) is 0 Å². The summed E-state index contributed by atoms with van der Waals surface area (Å²) < 4.78 is 22.1. The van der Waals surface area contributed by atoms with Crippen molar-refractivity contribution in [1.82, 2.24) is 0 Å². The molecular formula is C54H40O4. The van der Waals surface area contributed by atoms with Gasteiger partial charge < -0.3 is 18.9 Å². The minimum Gasteiger partial charge on any atom is -0.497 e. The normalized spacial score (nSPS) is 11.4. The fraction of sp³-hybridized carbons (Fsp3) is 0.0741.